The Balaban J connectivity index is 1.75. The molecule has 0 fully saturated rings. The van der Waals surface area contributed by atoms with E-state index >= 15 is 0 Å². The molecule has 0 aliphatic carbocycles. The number of hydrogen-bond donors (Lipinski definition) is 0. The lowest BCUT2D eigenvalue weighted by atomic mass is 10.1. The van der Waals surface area contributed by atoms with E-state index in [0.717, 1.165) is 33.5 Å². The van der Waals surface area contributed by atoms with Gasteiger partial charge >= 0.3 is 0 Å². The minimum absolute atomic E-state index is 0.497. The van der Waals surface area contributed by atoms with E-state index in [0.29, 0.717) is 12.5 Å². The van der Waals surface area contributed by atoms with Crippen molar-refractivity contribution >= 4 is 11.0 Å². The maximum Gasteiger partial charge on any atom is 0.215 e. The fourth-order valence-corrected chi connectivity index (χ4v) is 3.03. The van der Waals surface area contributed by atoms with Gasteiger partial charge in [-0.1, -0.05) is 48.5 Å². The summed E-state index contributed by atoms with van der Waals surface area (Å²) < 4.78 is 7.81. The number of aryl methyl sites for hydroxylation is 2. The van der Waals surface area contributed by atoms with Gasteiger partial charge in [-0.15, -0.1) is 0 Å². The van der Waals surface area contributed by atoms with Crippen molar-refractivity contribution in [3.05, 3.63) is 83.6 Å². The molecule has 0 aliphatic rings. The molecule has 0 saturated carbocycles. The van der Waals surface area contributed by atoms with Gasteiger partial charge in [0.15, 0.2) is 5.65 Å². The van der Waals surface area contributed by atoms with Crippen LogP contribution in [0.5, 0.6) is 5.88 Å². The van der Waals surface area contributed by atoms with Crippen LogP contribution >= 0.6 is 0 Å². The first kappa shape index (κ1) is 15.4. The Kier molecular flexibility index (Phi) is 3.94. The van der Waals surface area contributed by atoms with Gasteiger partial charge in [-0.05, 0) is 37.1 Å². The van der Waals surface area contributed by atoms with Crippen LogP contribution < -0.4 is 4.74 Å². The van der Waals surface area contributed by atoms with Crippen LogP contribution in [0.3, 0.4) is 0 Å². The molecule has 2 heterocycles. The van der Waals surface area contributed by atoms with Crippen molar-refractivity contribution in [2.45, 2.75) is 20.5 Å². The second-order valence-corrected chi connectivity index (χ2v) is 6.08. The van der Waals surface area contributed by atoms with Crippen LogP contribution in [0.4, 0.5) is 0 Å². The molecule has 25 heavy (non-hydrogen) atoms. The van der Waals surface area contributed by atoms with E-state index in [2.05, 4.69) is 12.0 Å². The Morgan fingerprint density at radius 1 is 0.920 bits per heavy atom. The number of aromatic nitrogens is 3. The molecule has 2 aromatic carbocycles. The number of rotatable bonds is 4. The summed E-state index contributed by atoms with van der Waals surface area (Å²) in [4.78, 5) is 4.73. The third-order valence-corrected chi connectivity index (χ3v) is 4.22. The van der Waals surface area contributed by atoms with Gasteiger partial charge in [0.25, 0.3) is 0 Å². The predicted molar refractivity (Wildman–Crippen MR) is 99.1 cm³/mol. The molecule has 4 heteroatoms. The topological polar surface area (TPSA) is 39.9 Å². The highest BCUT2D eigenvalue weighted by Crippen LogP contribution is 2.26. The standard InChI is InChI=1S/C21H19N3O/c1-15-13-19(25-14-17-9-5-3-6-10-17)22-21-20(15)16(2)23-24(21)18-11-7-4-8-12-18/h3-13H,14H2,1-2H3. The third kappa shape index (κ3) is 2.98. The van der Waals surface area contributed by atoms with Crippen molar-refractivity contribution in [3.8, 4) is 11.6 Å². The van der Waals surface area contributed by atoms with Crippen LogP contribution in [-0.2, 0) is 6.61 Å². The molecule has 0 amide bonds. The molecule has 0 aliphatic heterocycles. The Morgan fingerprint density at radius 3 is 2.32 bits per heavy atom. The number of nitrogens with zero attached hydrogens (tertiary/aromatic N) is 3. The number of benzene rings is 2. The molecular formula is C21H19N3O. The van der Waals surface area contributed by atoms with Crippen LogP contribution in [0.25, 0.3) is 16.7 Å². The molecule has 4 rings (SSSR count). The van der Waals surface area contributed by atoms with E-state index in [1.165, 1.54) is 0 Å². The molecule has 0 spiro atoms. The normalized spacial score (nSPS) is 11.0. The number of ether oxygens (including phenoxy) is 1. The van der Waals surface area contributed by atoms with Crippen molar-refractivity contribution in [2.24, 2.45) is 0 Å². The van der Waals surface area contributed by atoms with Gasteiger partial charge in [0.05, 0.1) is 11.4 Å². The number of para-hydroxylation sites is 1. The molecule has 0 bridgehead atoms. The monoisotopic (exact) mass is 329 g/mol. The van der Waals surface area contributed by atoms with Gasteiger partial charge in [0.2, 0.25) is 5.88 Å². The summed E-state index contributed by atoms with van der Waals surface area (Å²) in [7, 11) is 0. The largest absolute Gasteiger partial charge is 0.473 e. The molecule has 4 aromatic rings. The van der Waals surface area contributed by atoms with Gasteiger partial charge in [0, 0.05) is 11.5 Å². The van der Waals surface area contributed by atoms with Gasteiger partial charge < -0.3 is 4.74 Å². The van der Waals surface area contributed by atoms with E-state index in [9.17, 15) is 0 Å². The Bertz CT molecular complexity index is 1010. The molecule has 0 saturated heterocycles. The van der Waals surface area contributed by atoms with E-state index in [-0.39, 0.29) is 0 Å². The first-order chi connectivity index (χ1) is 12.2. The summed E-state index contributed by atoms with van der Waals surface area (Å²) in [6.45, 7) is 4.58. The van der Waals surface area contributed by atoms with Crippen molar-refractivity contribution < 1.29 is 4.74 Å². The SMILES string of the molecule is Cc1cc(OCc2ccccc2)nc2c1c(C)nn2-c1ccccc1. The number of pyridine rings is 1. The first-order valence-corrected chi connectivity index (χ1v) is 8.31. The van der Waals surface area contributed by atoms with E-state index in [1.807, 2.05) is 78.3 Å². The summed E-state index contributed by atoms with van der Waals surface area (Å²) in [6, 6.07) is 22.1. The van der Waals surface area contributed by atoms with Gasteiger partial charge in [-0.25, -0.2) is 4.68 Å². The average Bonchev–Trinajstić information content (AvgIpc) is 2.99. The van der Waals surface area contributed by atoms with Gasteiger partial charge in [0.1, 0.15) is 6.61 Å². The summed E-state index contributed by atoms with van der Waals surface area (Å²) in [5, 5.41) is 5.76. The average molecular weight is 329 g/mol. The zero-order valence-corrected chi connectivity index (χ0v) is 14.3. The summed E-state index contributed by atoms with van der Waals surface area (Å²) in [6.07, 6.45) is 0. The second-order valence-electron chi connectivity index (χ2n) is 6.08. The van der Waals surface area contributed by atoms with Crippen molar-refractivity contribution in [1.82, 2.24) is 14.8 Å². The highest BCUT2D eigenvalue weighted by atomic mass is 16.5. The van der Waals surface area contributed by atoms with E-state index in [1.54, 1.807) is 0 Å². The van der Waals surface area contributed by atoms with Crippen LogP contribution in [0.2, 0.25) is 0 Å². The number of hydrogen-bond acceptors (Lipinski definition) is 3. The lowest BCUT2D eigenvalue weighted by molar-refractivity contribution is 0.294. The molecule has 4 nitrogen and oxygen atoms in total. The molecule has 0 radical (unpaired) electrons. The van der Waals surface area contributed by atoms with Crippen molar-refractivity contribution in [3.63, 3.8) is 0 Å². The van der Waals surface area contributed by atoms with Crippen molar-refractivity contribution in [2.75, 3.05) is 0 Å². The van der Waals surface area contributed by atoms with Crippen LogP contribution in [0.15, 0.2) is 66.7 Å². The minimum Gasteiger partial charge on any atom is -0.473 e. The molecule has 2 aromatic heterocycles. The van der Waals surface area contributed by atoms with Crippen LogP contribution in [0, 0.1) is 13.8 Å². The Labute approximate surface area is 146 Å². The predicted octanol–water partition coefficient (Wildman–Crippen LogP) is 4.62. The maximum absolute atomic E-state index is 5.93. The lowest BCUT2D eigenvalue weighted by Gasteiger charge is -2.08. The zero-order chi connectivity index (χ0) is 17.2. The summed E-state index contributed by atoms with van der Waals surface area (Å²) >= 11 is 0. The van der Waals surface area contributed by atoms with E-state index < -0.39 is 0 Å². The van der Waals surface area contributed by atoms with Gasteiger partial charge in [-0.3, -0.25) is 0 Å². The summed E-state index contributed by atoms with van der Waals surface area (Å²) in [5.74, 6) is 0.617. The fourth-order valence-electron chi connectivity index (χ4n) is 3.03. The molecule has 0 unspecified atom stereocenters. The Hall–Kier alpha value is -3.14. The molecule has 124 valence electrons. The molecular weight excluding hydrogens is 310 g/mol. The minimum atomic E-state index is 0.497. The van der Waals surface area contributed by atoms with Crippen LogP contribution in [-0.4, -0.2) is 14.8 Å². The maximum atomic E-state index is 5.93. The van der Waals surface area contributed by atoms with E-state index in [4.69, 9.17) is 9.72 Å². The Morgan fingerprint density at radius 2 is 1.60 bits per heavy atom. The van der Waals surface area contributed by atoms with Gasteiger partial charge in [-0.2, -0.15) is 10.1 Å². The molecule has 0 N–H and O–H groups in total. The third-order valence-electron chi connectivity index (χ3n) is 4.22. The first-order valence-electron chi connectivity index (χ1n) is 8.31. The lowest BCUT2D eigenvalue weighted by Crippen LogP contribution is -2.01. The highest BCUT2D eigenvalue weighted by molar-refractivity contribution is 5.83. The smallest absolute Gasteiger partial charge is 0.215 e. The van der Waals surface area contributed by atoms with Crippen LogP contribution in [0.1, 0.15) is 16.8 Å². The highest BCUT2D eigenvalue weighted by Gasteiger charge is 2.14. The fraction of sp³-hybridized carbons (Fsp3) is 0.143. The zero-order valence-electron chi connectivity index (χ0n) is 14.3. The number of fused-ring (bicyclic) bond motifs is 1. The molecule has 0 atom stereocenters. The van der Waals surface area contributed by atoms with Crippen molar-refractivity contribution in [1.29, 1.82) is 0 Å². The summed E-state index contributed by atoms with van der Waals surface area (Å²) in [5.41, 5.74) is 5.03. The quantitative estimate of drug-likeness (QED) is 0.548. The second kappa shape index (κ2) is 6.40.